The second kappa shape index (κ2) is 14.9. The normalized spacial score (nSPS) is 14.1. The van der Waals surface area contributed by atoms with Crippen LogP contribution < -0.4 is 10.3 Å². The predicted molar refractivity (Wildman–Crippen MR) is 176 cm³/mol. The van der Waals surface area contributed by atoms with Crippen LogP contribution in [-0.2, 0) is 20.9 Å². The number of benzene rings is 2. The maximum atomic E-state index is 13.6. The molecule has 6 rings (SSSR count). The molecule has 0 radical (unpaired) electrons. The Kier molecular flexibility index (Phi) is 10.0. The number of unbranched alkanes of at least 4 members (excludes halogenated alkanes) is 1. The third-order valence-corrected chi connectivity index (χ3v) is 8.26. The van der Waals surface area contributed by atoms with Crippen LogP contribution in [0.15, 0.2) is 59.4 Å². The number of fused-ring (bicyclic) bond motifs is 1. The topological polar surface area (TPSA) is 210 Å². The Balaban J connectivity index is 1.20. The molecule has 4 heterocycles. The minimum absolute atomic E-state index is 0.0121. The van der Waals surface area contributed by atoms with E-state index in [-0.39, 0.29) is 32.1 Å². The van der Waals surface area contributed by atoms with Crippen molar-refractivity contribution in [2.45, 2.75) is 52.1 Å². The summed E-state index contributed by atoms with van der Waals surface area (Å²) >= 11 is 0. The number of carbonyl (C=O) groups excluding carboxylic acids is 2. The van der Waals surface area contributed by atoms with Crippen LogP contribution in [0.4, 0.5) is 4.79 Å². The summed E-state index contributed by atoms with van der Waals surface area (Å²) in [5, 5.41) is 24.1. The third-order valence-electron chi connectivity index (χ3n) is 8.26. The molecular weight excluding hydrogens is 650 g/mol. The van der Waals surface area contributed by atoms with Crippen LogP contribution in [0.2, 0.25) is 0 Å². The second-order valence-electron chi connectivity index (χ2n) is 11.6. The van der Waals surface area contributed by atoms with Gasteiger partial charge >= 0.3 is 12.1 Å². The number of ether oxygens (including phenoxy) is 2. The first-order valence-corrected chi connectivity index (χ1v) is 15.9. The number of nitrogens with zero attached hydrogens (tertiary/aromatic N) is 8. The number of nitrogens with one attached hydrogen (secondary N) is 1. The van der Waals surface area contributed by atoms with E-state index in [1.165, 1.54) is 15.5 Å². The largest absolute Gasteiger partial charge is 0.464 e. The van der Waals surface area contributed by atoms with Gasteiger partial charge in [-0.05, 0) is 61.4 Å². The van der Waals surface area contributed by atoms with E-state index >= 15 is 0 Å². The van der Waals surface area contributed by atoms with Gasteiger partial charge in [0.2, 0.25) is 5.82 Å². The van der Waals surface area contributed by atoms with Crippen molar-refractivity contribution < 1.29 is 29.0 Å². The fraction of sp³-hybridized carbons (Fsp3) is 0.333. The average Bonchev–Trinajstić information content (AvgIpc) is 3.81. The lowest BCUT2D eigenvalue weighted by atomic mass is 9.98. The summed E-state index contributed by atoms with van der Waals surface area (Å²) in [5.41, 5.74) is 3.86. The number of hydrogen-bond acceptors (Lipinski definition) is 13. The third kappa shape index (κ3) is 7.40. The highest BCUT2D eigenvalue weighted by Crippen LogP contribution is 2.31. The molecule has 1 atom stereocenters. The molecule has 1 unspecified atom stereocenters. The van der Waals surface area contributed by atoms with E-state index in [1.54, 1.807) is 13.8 Å². The number of likely N-dealkylation sites (tertiary alicyclic amines) is 1. The molecule has 50 heavy (non-hydrogen) atoms. The molecule has 2 aromatic carbocycles. The van der Waals surface area contributed by atoms with Crippen LogP contribution in [0, 0.1) is 24.0 Å². The van der Waals surface area contributed by atoms with Gasteiger partial charge in [0.1, 0.15) is 11.9 Å². The van der Waals surface area contributed by atoms with Crippen molar-refractivity contribution >= 4 is 23.1 Å². The van der Waals surface area contributed by atoms with E-state index in [0.29, 0.717) is 54.1 Å². The molecule has 0 aliphatic carbocycles. The Morgan fingerprint density at radius 2 is 1.80 bits per heavy atom. The van der Waals surface area contributed by atoms with E-state index in [1.807, 2.05) is 48.5 Å². The summed E-state index contributed by atoms with van der Waals surface area (Å²) in [6.45, 7) is 3.82. The molecule has 0 spiro atoms. The molecule has 1 fully saturated rings. The van der Waals surface area contributed by atoms with Crippen LogP contribution >= 0.6 is 0 Å². The lowest BCUT2D eigenvalue weighted by Gasteiger charge is -2.23. The SMILES string of the molecule is Cc1nc(C)c2c(OC(=O)N3CCCC3C(=O)OCCCCO[N+](=O)[O-])cc(=O)n(Cc3ccc(-c4ccccc4-c4nn[nH]n4)cc3)c2n1. The summed E-state index contributed by atoms with van der Waals surface area (Å²) < 4.78 is 12.6. The van der Waals surface area contributed by atoms with Crippen LogP contribution in [0.1, 0.15) is 42.8 Å². The van der Waals surface area contributed by atoms with Gasteiger partial charge < -0.3 is 14.3 Å². The quantitative estimate of drug-likeness (QED) is 0.0859. The van der Waals surface area contributed by atoms with Gasteiger partial charge in [-0.2, -0.15) is 5.21 Å². The van der Waals surface area contributed by atoms with Gasteiger partial charge in [0, 0.05) is 18.2 Å². The average molecular weight is 684 g/mol. The van der Waals surface area contributed by atoms with Crippen molar-refractivity contribution in [2.75, 3.05) is 19.8 Å². The molecule has 258 valence electrons. The van der Waals surface area contributed by atoms with Gasteiger partial charge in [0.05, 0.1) is 30.8 Å². The Bertz CT molecular complexity index is 2080. The highest BCUT2D eigenvalue weighted by atomic mass is 16.9. The lowest BCUT2D eigenvalue weighted by molar-refractivity contribution is -0.757. The van der Waals surface area contributed by atoms with Crippen LogP contribution in [0.3, 0.4) is 0 Å². The number of pyridine rings is 1. The van der Waals surface area contributed by atoms with E-state index in [4.69, 9.17) is 9.47 Å². The number of H-pyrrole nitrogens is 1. The van der Waals surface area contributed by atoms with Gasteiger partial charge in [-0.25, -0.2) is 19.6 Å². The standard InChI is InChI=1S/C33H33N9O8/c1-20-29-27(50-33(45)40-15-7-10-26(40)32(44)48-16-5-6-17-49-42(46)47)18-28(43)41(31(29)35-21(2)34-20)19-22-11-13-23(14-12-22)24-8-3-4-9-25(24)30-36-38-39-37-30/h3-4,8-9,11-14,18,26H,5-7,10,15-17,19H2,1-2H3,(H,36,37,38,39). The van der Waals surface area contributed by atoms with Crippen molar-refractivity contribution in [3.05, 3.63) is 92.1 Å². The van der Waals surface area contributed by atoms with Crippen LogP contribution in [0.25, 0.3) is 33.5 Å². The number of rotatable bonds is 12. The van der Waals surface area contributed by atoms with Crippen molar-refractivity contribution in [2.24, 2.45) is 0 Å². The predicted octanol–water partition coefficient (Wildman–Crippen LogP) is 3.80. The van der Waals surface area contributed by atoms with Gasteiger partial charge in [-0.15, -0.1) is 20.3 Å². The van der Waals surface area contributed by atoms with E-state index in [9.17, 15) is 24.5 Å². The molecule has 1 N–H and O–H groups in total. The monoisotopic (exact) mass is 683 g/mol. The van der Waals surface area contributed by atoms with Crippen LogP contribution in [0.5, 0.6) is 5.75 Å². The minimum Gasteiger partial charge on any atom is -0.464 e. The van der Waals surface area contributed by atoms with E-state index < -0.39 is 28.8 Å². The Morgan fingerprint density at radius 3 is 2.54 bits per heavy atom. The first kappa shape index (κ1) is 33.6. The number of carbonyl (C=O) groups is 2. The molecule has 0 bridgehead atoms. The first-order valence-electron chi connectivity index (χ1n) is 15.9. The number of tetrazole rings is 1. The molecule has 0 saturated carbocycles. The van der Waals surface area contributed by atoms with Gasteiger partial charge in [-0.3, -0.25) is 14.3 Å². The molecule has 3 aromatic heterocycles. The number of esters is 1. The molecule has 17 nitrogen and oxygen atoms in total. The van der Waals surface area contributed by atoms with E-state index in [2.05, 4.69) is 35.4 Å². The highest BCUT2D eigenvalue weighted by Gasteiger charge is 2.37. The fourth-order valence-electron chi connectivity index (χ4n) is 5.95. The zero-order valence-electron chi connectivity index (χ0n) is 27.3. The Morgan fingerprint density at radius 1 is 1.04 bits per heavy atom. The van der Waals surface area contributed by atoms with Crippen molar-refractivity contribution in [3.8, 4) is 28.3 Å². The maximum Gasteiger partial charge on any atom is 0.416 e. The summed E-state index contributed by atoms with van der Waals surface area (Å²) in [6.07, 6.45) is 0.809. The number of aromatic amines is 1. The minimum atomic E-state index is -0.880. The van der Waals surface area contributed by atoms with Gasteiger partial charge in [0.25, 0.3) is 10.6 Å². The molecule has 1 saturated heterocycles. The Labute approximate surface area is 284 Å². The highest BCUT2D eigenvalue weighted by molar-refractivity contribution is 5.89. The number of hydrogen-bond donors (Lipinski definition) is 1. The fourth-order valence-corrected chi connectivity index (χ4v) is 5.95. The first-order chi connectivity index (χ1) is 24.2. The van der Waals surface area contributed by atoms with Crippen LogP contribution in [-0.4, -0.2) is 83.0 Å². The molecule has 1 aliphatic rings. The van der Waals surface area contributed by atoms with Gasteiger partial charge in [0.15, 0.2) is 11.4 Å². The van der Waals surface area contributed by atoms with Crippen molar-refractivity contribution in [3.63, 3.8) is 0 Å². The maximum absolute atomic E-state index is 13.6. The molecule has 5 aromatic rings. The number of aryl methyl sites for hydroxylation is 2. The van der Waals surface area contributed by atoms with E-state index in [0.717, 1.165) is 22.3 Å². The van der Waals surface area contributed by atoms with Crippen molar-refractivity contribution in [1.82, 2.24) is 40.1 Å². The summed E-state index contributed by atoms with van der Waals surface area (Å²) in [7, 11) is 0. The molecule has 1 aliphatic heterocycles. The molecule has 1 amide bonds. The summed E-state index contributed by atoms with van der Waals surface area (Å²) in [4.78, 5) is 64.7. The van der Waals surface area contributed by atoms with Crippen molar-refractivity contribution in [1.29, 1.82) is 0 Å². The molecular formula is C33H33N9O8. The zero-order valence-corrected chi connectivity index (χ0v) is 27.3. The number of amides is 1. The zero-order chi connectivity index (χ0) is 35.2. The van der Waals surface area contributed by atoms with Gasteiger partial charge in [-0.1, -0.05) is 48.5 Å². The smallest absolute Gasteiger partial charge is 0.416 e. The summed E-state index contributed by atoms with van der Waals surface area (Å²) in [5.74, 6) is 0.299. The molecule has 17 heteroatoms. The second-order valence-corrected chi connectivity index (χ2v) is 11.6. The lowest BCUT2D eigenvalue weighted by Crippen LogP contribution is -2.43. The summed E-state index contributed by atoms with van der Waals surface area (Å²) in [6, 6.07) is 15.8. The Hall–Kier alpha value is -6.26. The number of aromatic nitrogens is 7.